The topological polar surface area (TPSA) is 116 Å². The van der Waals surface area contributed by atoms with Crippen molar-refractivity contribution in [1.29, 1.82) is 0 Å². The fraction of sp³-hybridized carbons (Fsp3) is 0.0667. The van der Waals surface area contributed by atoms with Crippen LogP contribution in [0.1, 0.15) is 15.9 Å². The summed E-state index contributed by atoms with van der Waals surface area (Å²) in [4.78, 5) is 21.4. The number of nitrogens with zero attached hydrogens (tertiary/aromatic N) is 2. The van der Waals surface area contributed by atoms with Crippen molar-refractivity contribution >= 4 is 27.9 Å². The van der Waals surface area contributed by atoms with Gasteiger partial charge in [-0.2, -0.15) is 12.8 Å². The third kappa shape index (κ3) is 3.82. The van der Waals surface area contributed by atoms with Gasteiger partial charge in [0.15, 0.2) is 0 Å². The molecule has 0 unspecified atom stereocenters. The SMILES string of the molecule is COC(=O)c1ccccc1/C=N/S(=O)(=O)c1ccc([N+](=O)[O-])cc1. The Labute approximate surface area is 137 Å². The van der Waals surface area contributed by atoms with E-state index in [4.69, 9.17) is 0 Å². The van der Waals surface area contributed by atoms with E-state index >= 15 is 0 Å². The number of ether oxygens (including phenoxy) is 1. The van der Waals surface area contributed by atoms with Crippen LogP contribution in [0.15, 0.2) is 57.8 Å². The summed E-state index contributed by atoms with van der Waals surface area (Å²) in [6.07, 6.45) is 1.03. The lowest BCUT2D eigenvalue weighted by atomic mass is 10.1. The molecule has 2 aromatic rings. The third-order valence-electron chi connectivity index (χ3n) is 3.04. The highest BCUT2D eigenvalue weighted by molar-refractivity contribution is 7.90. The zero-order valence-corrected chi connectivity index (χ0v) is 13.3. The normalized spacial score (nSPS) is 11.4. The molecule has 0 aromatic heterocycles. The first-order chi connectivity index (χ1) is 11.3. The number of methoxy groups -OCH3 is 1. The molecule has 0 spiro atoms. The zero-order chi connectivity index (χ0) is 17.7. The van der Waals surface area contributed by atoms with Gasteiger partial charge in [-0.1, -0.05) is 18.2 Å². The van der Waals surface area contributed by atoms with Gasteiger partial charge >= 0.3 is 5.97 Å². The van der Waals surface area contributed by atoms with Crippen molar-refractivity contribution in [3.05, 3.63) is 69.8 Å². The molecule has 2 aromatic carbocycles. The predicted octanol–water partition coefficient (Wildman–Crippen LogP) is 2.19. The van der Waals surface area contributed by atoms with Crippen molar-refractivity contribution < 1.29 is 22.9 Å². The van der Waals surface area contributed by atoms with Gasteiger partial charge < -0.3 is 4.74 Å². The Hall–Kier alpha value is -3.07. The maximum atomic E-state index is 12.2. The Morgan fingerprint density at radius 2 is 1.79 bits per heavy atom. The molecule has 0 aliphatic rings. The van der Waals surface area contributed by atoms with Crippen LogP contribution in [0.25, 0.3) is 0 Å². The number of benzene rings is 2. The number of carbonyl (C=O) groups is 1. The van der Waals surface area contributed by atoms with Gasteiger partial charge in [0.1, 0.15) is 0 Å². The van der Waals surface area contributed by atoms with Gasteiger partial charge in [0.2, 0.25) is 0 Å². The summed E-state index contributed by atoms with van der Waals surface area (Å²) < 4.78 is 32.4. The van der Waals surface area contributed by atoms with Crippen LogP contribution in [0.3, 0.4) is 0 Å². The van der Waals surface area contributed by atoms with Crippen LogP contribution in [0.2, 0.25) is 0 Å². The molecule has 0 heterocycles. The molecule has 8 nitrogen and oxygen atoms in total. The number of nitro groups is 1. The van der Waals surface area contributed by atoms with Crippen LogP contribution in [0.5, 0.6) is 0 Å². The first-order valence-corrected chi connectivity index (χ1v) is 8.01. The molecule has 24 heavy (non-hydrogen) atoms. The van der Waals surface area contributed by atoms with Crippen molar-refractivity contribution in [3.8, 4) is 0 Å². The van der Waals surface area contributed by atoms with Crippen molar-refractivity contribution in [3.63, 3.8) is 0 Å². The smallest absolute Gasteiger partial charge is 0.338 e. The Bertz CT molecular complexity index is 904. The second kappa shape index (κ2) is 7.01. The quantitative estimate of drug-likeness (QED) is 0.354. The second-order valence-corrected chi connectivity index (χ2v) is 6.17. The summed E-state index contributed by atoms with van der Waals surface area (Å²) in [6.45, 7) is 0. The Kier molecular flexibility index (Phi) is 5.05. The zero-order valence-electron chi connectivity index (χ0n) is 12.4. The Balaban J connectivity index is 2.34. The van der Waals surface area contributed by atoms with Crippen LogP contribution in [0, 0.1) is 10.1 Å². The van der Waals surface area contributed by atoms with E-state index in [-0.39, 0.29) is 21.7 Å². The standard InChI is InChI=1S/C15H12N2O6S/c1-23-15(18)14-5-3-2-4-11(14)10-16-24(21,22)13-8-6-12(7-9-13)17(19)20/h2-10H,1H3/b16-10+. The summed E-state index contributed by atoms with van der Waals surface area (Å²) in [6, 6.07) is 10.6. The van der Waals surface area contributed by atoms with Crippen LogP contribution in [0.4, 0.5) is 5.69 Å². The molecule has 2 rings (SSSR count). The highest BCUT2D eigenvalue weighted by Crippen LogP contribution is 2.18. The van der Waals surface area contributed by atoms with Crippen molar-refractivity contribution in [2.24, 2.45) is 4.40 Å². The highest BCUT2D eigenvalue weighted by atomic mass is 32.2. The average Bonchev–Trinajstić information content (AvgIpc) is 2.59. The van der Waals surface area contributed by atoms with Gasteiger partial charge in [0, 0.05) is 23.9 Å². The number of nitro benzene ring substituents is 1. The predicted molar refractivity (Wildman–Crippen MR) is 85.7 cm³/mol. The molecule has 0 atom stereocenters. The lowest BCUT2D eigenvalue weighted by Gasteiger charge is -2.03. The molecule has 0 fully saturated rings. The molecule has 0 aliphatic heterocycles. The lowest BCUT2D eigenvalue weighted by molar-refractivity contribution is -0.384. The van der Waals surface area contributed by atoms with Crippen LogP contribution in [-0.4, -0.2) is 32.6 Å². The third-order valence-corrected chi connectivity index (χ3v) is 4.29. The van der Waals surface area contributed by atoms with Gasteiger partial charge in [-0.15, -0.1) is 0 Å². The molecule has 0 N–H and O–H groups in total. The van der Waals surface area contributed by atoms with Crippen LogP contribution in [-0.2, 0) is 14.8 Å². The van der Waals surface area contributed by atoms with E-state index in [0.29, 0.717) is 0 Å². The molecule has 0 saturated heterocycles. The van der Waals surface area contributed by atoms with Gasteiger partial charge in [-0.25, -0.2) is 4.79 Å². The number of sulfonamides is 1. The summed E-state index contributed by atoms with van der Waals surface area (Å²) in [5.74, 6) is -0.621. The van der Waals surface area contributed by atoms with Gasteiger partial charge in [0.05, 0.1) is 22.5 Å². The van der Waals surface area contributed by atoms with E-state index in [0.717, 1.165) is 30.5 Å². The Morgan fingerprint density at radius 3 is 2.38 bits per heavy atom. The molecule has 0 radical (unpaired) electrons. The van der Waals surface area contributed by atoms with Crippen molar-refractivity contribution in [2.75, 3.05) is 7.11 Å². The number of carbonyl (C=O) groups excluding carboxylic acids is 1. The molecule has 124 valence electrons. The molecule has 0 bridgehead atoms. The lowest BCUT2D eigenvalue weighted by Crippen LogP contribution is -2.06. The highest BCUT2D eigenvalue weighted by Gasteiger charge is 2.15. The summed E-state index contributed by atoms with van der Waals surface area (Å²) >= 11 is 0. The maximum Gasteiger partial charge on any atom is 0.338 e. The van der Waals surface area contributed by atoms with Crippen molar-refractivity contribution in [2.45, 2.75) is 4.90 Å². The first-order valence-electron chi connectivity index (χ1n) is 6.57. The number of hydrogen-bond donors (Lipinski definition) is 0. The minimum Gasteiger partial charge on any atom is -0.465 e. The van der Waals surface area contributed by atoms with Gasteiger partial charge in [-0.3, -0.25) is 10.1 Å². The fourth-order valence-corrected chi connectivity index (χ4v) is 2.69. The monoisotopic (exact) mass is 348 g/mol. The van der Waals surface area contributed by atoms with Gasteiger partial charge in [0.25, 0.3) is 15.7 Å². The Morgan fingerprint density at radius 1 is 1.17 bits per heavy atom. The molecule has 0 aliphatic carbocycles. The molecule has 0 saturated carbocycles. The number of non-ortho nitro benzene ring substituents is 1. The van der Waals surface area contributed by atoms with Crippen LogP contribution < -0.4 is 0 Å². The average molecular weight is 348 g/mol. The molecule has 0 amide bonds. The largest absolute Gasteiger partial charge is 0.465 e. The van der Waals surface area contributed by atoms with E-state index < -0.39 is 20.9 Å². The number of rotatable bonds is 5. The second-order valence-electron chi connectivity index (χ2n) is 4.54. The summed E-state index contributed by atoms with van der Waals surface area (Å²) in [5, 5.41) is 10.6. The number of esters is 1. The van der Waals surface area contributed by atoms with Crippen molar-refractivity contribution in [1.82, 2.24) is 0 Å². The van der Waals surface area contributed by atoms with Crippen LogP contribution >= 0.6 is 0 Å². The van der Waals surface area contributed by atoms with E-state index in [2.05, 4.69) is 9.13 Å². The fourth-order valence-electron chi connectivity index (χ4n) is 1.83. The first kappa shape index (κ1) is 17.3. The van der Waals surface area contributed by atoms with E-state index in [1.54, 1.807) is 12.1 Å². The maximum absolute atomic E-state index is 12.2. The minimum absolute atomic E-state index is 0.169. The number of hydrogen-bond acceptors (Lipinski definition) is 6. The van der Waals surface area contributed by atoms with E-state index in [1.807, 2.05) is 0 Å². The summed E-state index contributed by atoms with van der Waals surface area (Å²) in [7, 11) is -2.84. The van der Waals surface area contributed by atoms with Gasteiger partial charge in [-0.05, 0) is 18.2 Å². The summed E-state index contributed by atoms with van der Waals surface area (Å²) in [5.41, 5.74) is 0.214. The molecule has 9 heteroatoms. The van der Waals surface area contributed by atoms with E-state index in [1.165, 1.54) is 19.2 Å². The molecular weight excluding hydrogens is 336 g/mol. The minimum atomic E-state index is -4.06. The molecular formula is C15H12N2O6S. The van der Waals surface area contributed by atoms with E-state index in [9.17, 15) is 23.3 Å².